The highest BCUT2D eigenvalue weighted by molar-refractivity contribution is 7.10. The number of aliphatic hydroxyl groups excluding tert-OH is 1. The standard InChI is InChI=1S/C16H17N5O2S/c1-11(12-4-6-17-7-5-12)18-16(23)13-9-21(20-19-13)10-14(22)15-3-2-8-24-15/h2-9,11,14,22H,10H2,1H3,(H,18,23)/t11-,14-/m0/s1. The average molecular weight is 343 g/mol. The Morgan fingerprint density at radius 3 is 2.88 bits per heavy atom. The number of thiophene rings is 1. The van der Waals surface area contributed by atoms with Crippen LogP contribution in [0, 0.1) is 0 Å². The van der Waals surface area contributed by atoms with Gasteiger partial charge in [0.25, 0.3) is 5.91 Å². The van der Waals surface area contributed by atoms with E-state index in [4.69, 9.17) is 0 Å². The Kier molecular flexibility index (Phi) is 4.97. The summed E-state index contributed by atoms with van der Waals surface area (Å²) in [6.45, 7) is 2.14. The molecule has 0 aliphatic rings. The van der Waals surface area contributed by atoms with Crippen LogP contribution in [0.2, 0.25) is 0 Å². The fraction of sp³-hybridized carbons (Fsp3) is 0.250. The first-order valence-electron chi connectivity index (χ1n) is 7.46. The zero-order valence-corrected chi connectivity index (χ0v) is 13.8. The quantitative estimate of drug-likeness (QED) is 0.714. The molecule has 0 fully saturated rings. The van der Waals surface area contributed by atoms with Crippen LogP contribution in [-0.2, 0) is 6.54 Å². The molecule has 3 rings (SSSR count). The number of aromatic nitrogens is 4. The highest BCUT2D eigenvalue weighted by atomic mass is 32.1. The van der Waals surface area contributed by atoms with Crippen LogP contribution >= 0.6 is 11.3 Å². The van der Waals surface area contributed by atoms with E-state index >= 15 is 0 Å². The minimum absolute atomic E-state index is 0.164. The number of rotatable bonds is 6. The topological polar surface area (TPSA) is 92.9 Å². The smallest absolute Gasteiger partial charge is 0.273 e. The number of nitrogens with zero attached hydrogens (tertiary/aromatic N) is 4. The summed E-state index contributed by atoms with van der Waals surface area (Å²) in [5.74, 6) is -0.309. The summed E-state index contributed by atoms with van der Waals surface area (Å²) in [6.07, 6.45) is 4.23. The van der Waals surface area contributed by atoms with Crippen molar-refractivity contribution in [3.05, 3.63) is 64.4 Å². The number of pyridine rings is 1. The van der Waals surface area contributed by atoms with Crippen LogP contribution in [0.4, 0.5) is 0 Å². The van der Waals surface area contributed by atoms with Crippen molar-refractivity contribution in [1.82, 2.24) is 25.3 Å². The zero-order valence-electron chi connectivity index (χ0n) is 13.0. The Labute approximate surface area is 143 Å². The molecule has 0 aliphatic heterocycles. The Morgan fingerprint density at radius 2 is 2.17 bits per heavy atom. The number of carbonyl (C=O) groups excluding carboxylic acids is 1. The van der Waals surface area contributed by atoms with Gasteiger partial charge in [0.2, 0.25) is 0 Å². The molecule has 7 nitrogen and oxygen atoms in total. The SMILES string of the molecule is C[C@H](NC(=O)c1cn(C[C@H](O)c2cccs2)nn1)c1ccncc1. The Balaban J connectivity index is 1.61. The van der Waals surface area contributed by atoms with Crippen molar-refractivity contribution in [2.45, 2.75) is 25.6 Å². The van der Waals surface area contributed by atoms with Crippen molar-refractivity contribution < 1.29 is 9.90 Å². The lowest BCUT2D eigenvalue weighted by molar-refractivity contribution is 0.0934. The van der Waals surface area contributed by atoms with Gasteiger partial charge >= 0.3 is 0 Å². The summed E-state index contributed by atoms with van der Waals surface area (Å²) in [5.41, 5.74) is 1.17. The molecule has 3 aromatic heterocycles. The third kappa shape index (κ3) is 3.84. The fourth-order valence-corrected chi connectivity index (χ4v) is 2.95. The zero-order chi connectivity index (χ0) is 16.9. The van der Waals surface area contributed by atoms with Gasteiger partial charge in [0, 0.05) is 17.3 Å². The summed E-state index contributed by atoms with van der Waals surface area (Å²) >= 11 is 1.47. The number of hydrogen-bond acceptors (Lipinski definition) is 6. The molecular weight excluding hydrogens is 326 g/mol. The molecule has 8 heteroatoms. The van der Waals surface area contributed by atoms with Crippen LogP contribution in [0.1, 0.15) is 40.0 Å². The van der Waals surface area contributed by atoms with E-state index in [2.05, 4.69) is 20.6 Å². The van der Waals surface area contributed by atoms with E-state index in [-0.39, 0.29) is 24.2 Å². The second kappa shape index (κ2) is 7.33. The van der Waals surface area contributed by atoms with Crippen molar-refractivity contribution >= 4 is 17.2 Å². The predicted octanol–water partition coefficient (Wildman–Crippen LogP) is 1.96. The maximum absolute atomic E-state index is 12.3. The third-order valence-electron chi connectivity index (χ3n) is 3.56. The molecule has 0 unspecified atom stereocenters. The van der Waals surface area contributed by atoms with Gasteiger partial charge in [0.05, 0.1) is 18.8 Å². The van der Waals surface area contributed by atoms with Gasteiger partial charge in [0.1, 0.15) is 6.10 Å². The van der Waals surface area contributed by atoms with Crippen molar-refractivity contribution in [3.63, 3.8) is 0 Å². The van der Waals surface area contributed by atoms with E-state index in [1.165, 1.54) is 22.2 Å². The second-order valence-corrected chi connectivity index (χ2v) is 6.31. The molecule has 0 saturated heterocycles. The van der Waals surface area contributed by atoms with Gasteiger partial charge in [-0.05, 0) is 36.1 Å². The molecule has 2 atom stereocenters. The Morgan fingerprint density at radius 1 is 1.38 bits per heavy atom. The highest BCUT2D eigenvalue weighted by Gasteiger charge is 2.16. The molecule has 1 amide bonds. The van der Waals surface area contributed by atoms with Crippen LogP contribution in [0.5, 0.6) is 0 Å². The monoisotopic (exact) mass is 343 g/mol. The van der Waals surface area contributed by atoms with E-state index in [0.29, 0.717) is 0 Å². The minimum atomic E-state index is -0.668. The third-order valence-corrected chi connectivity index (χ3v) is 4.53. The van der Waals surface area contributed by atoms with Crippen molar-refractivity contribution in [2.75, 3.05) is 0 Å². The van der Waals surface area contributed by atoms with Gasteiger partial charge in [0.15, 0.2) is 5.69 Å². The maximum atomic E-state index is 12.3. The van der Waals surface area contributed by atoms with Crippen LogP contribution in [0.3, 0.4) is 0 Å². The maximum Gasteiger partial charge on any atom is 0.273 e. The lowest BCUT2D eigenvalue weighted by Crippen LogP contribution is -2.27. The first kappa shape index (κ1) is 16.3. The fourth-order valence-electron chi connectivity index (χ4n) is 2.25. The molecule has 3 heterocycles. The van der Waals surface area contributed by atoms with Gasteiger partial charge in [-0.3, -0.25) is 9.78 Å². The molecule has 0 radical (unpaired) electrons. The van der Waals surface area contributed by atoms with E-state index in [1.54, 1.807) is 12.4 Å². The second-order valence-electron chi connectivity index (χ2n) is 5.33. The lowest BCUT2D eigenvalue weighted by atomic mass is 10.1. The van der Waals surface area contributed by atoms with Crippen LogP contribution < -0.4 is 5.32 Å². The molecule has 124 valence electrons. The summed E-state index contributed by atoms with van der Waals surface area (Å²) in [7, 11) is 0. The molecule has 0 saturated carbocycles. The molecule has 0 aliphatic carbocycles. The molecule has 0 spiro atoms. The number of carbonyl (C=O) groups is 1. The van der Waals surface area contributed by atoms with Crippen molar-refractivity contribution in [2.24, 2.45) is 0 Å². The molecule has 24 heavy (non-hydrogen) atoms. The molecule has 3 aromatic rings. The lowest BCUT2D eigenvalue weighted by Gasteiger charge is -2.12. The van der Waals surface area contributed by atoms with Crippen molar-refractivity contribution in [1.29, 1.82) is 0 Å². The van der Waals surface area contributed by atoms with Gasteiger partial charge in [-0.15, -0.1) is 16.4 Å². The largest absolute Gasteiger partial charge is 0.386 e. The Bertz CT molecular complexity index is 788. The van der Waals surface area contributed by atoms with Crippen molar-refractivity contribution in [3.8, 4) is 0 Å². The Hall–Kier alpha value is -2.58. The van der Waals surface area contributed by atoms with Crippen LogP contribution in [0.15, 0.2) is 48.2 Å². The molecule has 0 aromatic carbocycles. The van der Waals surface area contributed by atoms with Gasteiger partial charge in [-0.25, -0.2) is 4.68 Å². The molecule has 2 N–H and O–H groups in total. The predicted molar refractivity (Wildman–Crippen MR) is 89.4 cm³/mol. The number of aliphatic hydroxyl groups is 1. The van der Waals surface area contributed by atoms with E-state index in [0.717, 1.165) is 10.4 Å². The van der Waals surface area contributed by atoms with E-state index in [9.17, 15) is 9.90 Å². The number of hydrogen-bond donors (Lipinski definition) is 2. The summed E-state index contributed by atoms with van der Waals surface area (Å²) in [5, 5.41) is 22.7. The normalized spacial score (nSPS) is 13.4. The first-order valence-corrected chi connectivity index (χ1v) is 8.34. The molecular formula is C16H17N5O2S. The van der Waals surface area contributed by atoms with E-state index in [1.807, 2.05) is 36.6 Å². The summed E-state index contributed by atoms with van der Waals surface area (Å²) in [6, 6.07) is 7.26. The highest BCUT2D eigenvalue weighted by Crippen LogP contribution is 2.20. The minimum Gasteiger partial charge on any atom is -0.386 e. The van der Waals surface area contributed by atoms with E-state index < -0.39 is 6.10 Å². The van der Waals surface area contributed by atoms with Crippen LogP contribution in [-0.4, -0.2) is 31.0 Å². The number of nitrogens with one attached hydrogen (secondary N) is 1. The molecule has 0 bridgehead atoms. The summed E-state index contributed by atoms with van der Waals surface area (Å²) in [4.78, 5) is 17.1. The number of amides is 1. The van der Waals surface area contributed by atoms with Gasteiger partial charge in [-0.1, -0.05) is 11.3 Å². The van der Waals surface area contributed by atoms with Gasteiger partial charge < -0.3 is 10.4 Å². The van der Waals surface area contributed by atoms with Crippen LogP contribution in [0.25, 0.3) is 0 Å². The van der Waals surface area contributed by atoms with Gasteiger partial charge in [-0.2, -0.15) is 0 Å². The first-order chi connectivity index (χ1) is 11.6. The average Bonchev–Trinajstić information content (AvgIpc) is 3.27. The summed E-state index contributed by atoms with van der Waals surface area (Å²) < 4.78 is 1.47.